The maximum absolute atomic E-state index is 13.0. The maximum atomic E-state index is 13.0. The number of hydrogen-bond donors (Lipinski definition) is 1. The molecule has 1 saturated heterocycles. The summed E-state index contributed by atoms with van der Waals surface area (Å²) >= 11 is 0. The first kappa shape index (κ1) is 18.7. The summed E-state index contributed by atoms with van der Waals surface area (Å²) in [6, 6.07) is 7.74. The lowest BCUT2D eigenvalue weighted by Crippen LogP contribution is -2.42. The van der Waals surface area contributed by atoms with Crippen molar-refractivity contribution in [2.45, 2.75) is 18.2 Å². The van der Waals surface area contributed by atoms with Gasteiger partial charge < -0.3 is 14.7 Å². The summed E-state index contributed by atoms with van der Waals surface area (Å²) in [7, 11) is 0. The molecule has 28 heavy (non-hydrogen) atoms. The number of fused-ring (bicyclic) bond motifs is 1. The largest absolute Gasteiger partial charge is 0.434 e. The Morgan fingerprint density at radius 3 is 2.43 bits per heavy atom. The molecule has 1 N–H and O–H groups in total. The second-order valence-corrected chi connectivity index (χ2v) is 7.02. The quantitative estimate of drug-likeness (QED) is 0.803. The molecule has 0 bridgehead atoms. The minimum Gasteiger partial charge on any atom is -0.434 e. The van der Waals surface area contributed by atoms with Crippen LogP contribution >= 0.6 is 0 Å². The van der Waals surface area contributed by atoms with E-state index in [-0.39, 0.29) is 36.7 Å². The Bertz CT molecular complexity index is 856. The predicted octanol–water partition coefficient (Wildman–Crippen LogP) is 2.72. The number of hydrogen-bond acceptors (Lipinski definition) is 4. The van der Waals surface area contributed by atoms with Gasteiger partial charge in [0.1, 0.15) is 5.82 Å². The Balaban J connectivity index is 1.35. The van der Waals surface area contributed by atoms with E-state index in [4.69, 9.17) is 5.11 Å². The standard InChI is InChI=1S/C18H17F4N3O3/c19-10-1-3-11(4-2-10)25-6-5-14(23-25)16-12-7-24(8-13(12)16)17(27)28-15(9-26)18(20,21)22/h1-6,12-13,15-16,26H,7-9H2/t12-,13+,15-,16?/m0/s1. The van der Waals surface area contributed by atoms with E-state index < -0.39 is 25.0 Å². The summed E-state index contributed by atoms with van der Waals surface area (Å²) in [6.07, 6.45) is -6.63. The number of halogens is 4. The van der Waals surface area contributed by atoms with E-state index in [1.54, 1.807) is 23.0 Å². The zero-order valence-corrected chi connectivity index (χ0v) is 14.5. The van der Waals surface area contributed by atoms with Crippen molar-refractivity contribution in [1.82, 2.24) is 14.7 Å². The number of aliphatic hydroxyl groups excluding tert-OH is 1. The number of rotatable bonds is 4. The van der Waals surface area contributed by atoms with Crippen molar-refractivity contribution in [3.05, 3.63) is 48.0 Å². The number of piperidine rings is 1. The number of carbonyl (C=O) groups is 1. The Kier molecular flexibility index (Phi) is 4.53. The van der Waals surface area contributed by atoms with Crippen LogP contribution in [0.2, 0.25) is 0 Å². The molecule has 1 aromatic carbocycles. The lowest BCUT2D eigenvalue weighted by molar-refractivity contribution is -0.214. The molecule has 2 aliphatic rings. The highest BCUT2D eigenvalue weighted by atomic mass is 19.4. The van der Waals surface area contributed by atoms with Crippen LogP contribution in [0.15, 0.2) is 36.5 Å². The summed E-state index contributed by atoms with van der Waals surface area (Å²) < 4.78 is 56.9. The molecular formula is C18H17F4N3O3. The number of nitrogens with zero attached hydrogens (tertiary/aromatic N) is 3. The van der Waals surface area contributed by atoms with Crippen LogP contribution in [0.1, 0.15) is 11.6 Å². The fourth-order valence-electron chi connectivity index (χ4n) is 3.77. The van der Waals surface area contributed by atoms with Crippen LogP contribution in [0, 0.1) is 17.7 Å². The average molecular weight is 399 g/mol. The third-order valence-corrected chi connectivity index (χ3v) is 5.27. The van der Waals surface area contributed by atoms with Gasteiger partial charge in [0.2, 0.25) is 6.10 Å². The highest BCUT2D eigenvalue weighted by molar-refractivity contribution is 5.69. The zero-order valence-electron chi connectivity index (χ0n) is 14.5. The van der Waals surface area contributed by atoms with Crippen molar-refractivity contribution in [1.29, 1.82) is 0 Å². The number of amides is 1. The molecule has 2 heterocycles. The van der Waals surface area contributed by atoms with Crippen LogP contribution in [0.5, 0.6) is 0 Å². The second-order valence-electron chi connectivity index (χ2n) is 7.02. The topological polar surface area (TPSA) is 67.6 Å². The second kappa shape index (κ2) is 6.77. The summed E-state index contributed by atoms with van der Waals surface area (Å²) in [5.41, 5.74) is 1.54. The van der Waals surface area contributed by atoms with Crippen molar-refractivity contribution in [3.63, 3.8) is 0 Å². The minimum absolute atomic E-state index is 0.114. The molecule has 1 unspecified atom stereocenters. The lowest BCUT2D eigenvalue weighted by atomic mass is 10.2. The molecule has 4 atom stereocenters. The van der Waals surface area contributed by atoms with Gasteiger partial charge in [0, 0.05) is 25.2 Å². The van der Waals surface area contributed by atoms with Crippen molar-refractivity contribution in [2.24, 2.45) is 11.8 Å². The first-order chi connectivity index (χ1) is 13.3. The minimum atomic E-state index is -4.80. The summed E-state index contributed by atoms with van der Waals surface area (Å²) in [4.78, 5) is 13.2. The Morgan fingerprint density at radius 2 is 1.86 bits per heavy atom. The number of aromatic nitrogens is 2. The molecule has 1 aliphatic heterocycles. The van der Waals surface area contributed by atoms with Crippen LogP contribution in [0.4, 0.5) is 22.4 Å². The third kappa shape index (κ3) is 3.44. The van der Waals surface area contributed by atoms with Gasteiger partial charge in [-0.1, -0.05) is 0 Å². The van der Waals surface area contributed by atoms with Gasteiger partial charge in [0.05, 0.1) is 18.0 Å². The van der Waals surface area contributed by atoms with Gasteiger partial charge in [0.15, 0.2) is 0 Å². The van der Waals surface area contributed by atoms with Crippen molar-refractivity contribution >= 4 is 6.09 Å². The number of benzene rings is 1. The molecule has 1 saturated carbocycles. The van der Waals surface area contributed by atoms with Crippen molar-refractivity contribution in [3.8, 4) is 5.69 Å². The van der Waals surface area contributed by atoms with Crippen LogP contribution in [-0.2, 0) is 4.74 Å². The van der Waals surface area contributed by atoms with Crippen LogP contribution in [-0.4, -0.2) is 57.9 Å². The van der Waals surface area contributed by atoms with Gasteiger partial charge in [0.25, 0.3) is 0 Å². The Hall–Kier alpha value is -2.62. The average Bonchev–Trinajstić information content (AvgIpc) is 3.04. The SMILES string of the molecule is O=C(O[C@@H](CO)C(F)(F)F)N1C[C@@H]2C(c3ccn(-c4ccc(F)cc4)n3)[C@@H]2C1. The van der Waals surface area contributed by atoms with E-state index in [1.165, 1.54) is 17.0 Å². The molecule has 0 radical (unpaired) electrons. The number of likely N-dealkylation sites (tertiary alicyclic amines) is 1. The molecule has 2 fully saturated rings. The van der Waals surface area contributed by atoms with Crippen LogP contribution in [0.25, 0.3) is 5.69 Å². The van der Waals surface area contributed by atoms with Gasteiger partial charge in [-0.05, 0) is 42.2 Å². The molecule has 0 spiro atoms. The number of alkyl halides is 3. The first-order valence-electron chi connectivity index (χ1n) is 8.72. The fraction of sp³-hybridized carbons (Fsp3) is 0.444. The molecule has 1 aliphatic carbocycles. The predicted molar refractivity (Wildman–Crippen MR) is 88.2 cm³/mol. The first-order valence-corrected chi connectivity index (χ1v) is 8.72. The molecule has 2 aromatic rings. The highest BCUT2D eigenvalue weighted by Gasteiger charge is 2.59. The Labute approximate surface area is 157 Å². The van der Waals surface area contributed by atoms with E-state index in [0.717, 1.165) is 5.69 Å². The molecule has 6 nitrogen and oxygen atoms in total. The summed E-state index contributed by atoms with van der Waals surface area (Å²) in [5.74, 6) is 0.0148. The van der Waals surface area contributed by atoms with E-state index >= 15 is 0 Å². The highest BCUT2D eigenvalue weighted by Crippen LogP contribution is 2.57. The van der Waals surface area contributed by atoms with Crippen molar-refractivity contribution < 1.29 is 32.2 Å². The molecule has 150 valence electrons. The summed E-state index contributed by atoms with van der Waals surface area (Å²) in [6.45, 7) is -0.736. The smallest absolute Gasteiger partial charge is 0.427 e. The van der Waals surface area contributed by atoms with Gasteiger partial charge in [-0.15, -0.1) is 0 Å². The maximum Gasteiger partial charge on any atom is 0.427 e. The van der Waals surface area contributed by atoms with Gasteiger partial charge >= 0.3 is 12.3 Å². The lowest BCUT2D eigenvalue weighted by Gasteiger charge is -2.24. The molecule has 10 heteroatoms. The fourth-order valence-corrected chi connectivity index (χ4v) is 3.77. The van der Waals surface area contributed by atoms with E-state index in [2.05, 4.69) is 9.84 Å². The third-order valence-electron chi connectivity index (χ3n) is 5.27. The molecule has 4 rings (SSSR count). The van der Waals surface area contributed by atoms with Crippen LogP contribution in [0.3, 0.4) is 0 Å². The van der Waals surface area contributed by atoms with E-state index in [1.807, 2.05) is 6.07 Å². The molecule has 1 amide bonds. The van der Waals surface area contributed by atoms with Gasteiger partial charge in [-0.2, -0.15) is 18.3 Å². The Morgan fingerprint density at radius 1 is 1.21 bits per heavy atom. The molecular weight excluding hydrogens is 382 g/mol. The van der Waals surface area contributed by atoms with E-state index in [9.17, 15) is 22.4 Å². The van der Waals surface area contributed by atoms with Crippen LogP contribution < -0.4 is 0 Å². The number of carbonyl (C=O) groups excluding carboxylic acids is 1. The van der Waals surface area contributed by atoms with Crippen molar-refractivity contribution in [2.75, 3.05) is 19.7 Å². The zero-order chi connectivity index (χ0) is 20.1. The number of aliphatic hydroxyl groups is 1. The number of ether oxygens (including phenoxy) is 1. The molecule has 1 aromatic heterocycles. The van der Waals surface area contributed by atoms with Gasteiger partial charge in [-0.3, -0.25) is 0 Å². The van der Waals surface area contributed by atoms with Gasteiger partial charge in [-0.25, -0.2) is 13.9 Å². The van der Waals surface area contributed by atoms with E-state index in [0.29, 0.717) is 5.69 Å². The monoisotopic (exact) mass is 399 g/mol. The normalized spacial score (nSPS) is 24.8. The summed E-state index contributed by atoms with van der Waals surface area (Å²) in [5, 5.41) is 13.3.